The van der Waals surface area contributed by atoms with Crippen molar-refractivity contribution in [1.29, 1.82) is 0 Å². The first kappa shape index (κ1) is 26.1. The first-order valence-corrected chi connectivity index (χ1v) is 14.7. The van der Waals surface area contributed by atoms with Gasteiger partial charge in [0.15, 0.2) is 22.3 Å². The average Bonchev–Trinajstić information content (AvgIpc) is 3.42. The van der Waals surface area contributed by atoms with Gasteiger partial charge in [-0.3, -0.25) is 4.90 Å². The second-order valence-electron chi connectivity index (χ2n) is 10.7. The Kier molecular flexibility index (Phi) is 7.44. The van der Waals surface area contributed by atoms with E-state index in [1.54, 1.807) is 12.5 Å². The van der Waals surface area contributed by atoms with Gasteiger partial charge in [0.25, 0.3) is 0 Å². The van der Waals surface area contributed by atoms with Crippen LogP contribution in [0.5, 0.6) is 5.75 Å². The smallest absolute Gasteiger partial charge is 0.167 e. The van der Waals surface area contributed by atoms with Crippen molar-refractivity contribution in [2.45, 2.75) is 49.8 Å². The summed E-state index contributed by atoms with van der Waals surface area (Å²) in [5.74, 6) is -1.03. The lowest BCUT2D eigenvalue weighted by Gasteiger charge is -2.41. The van der Waals surface area contributed by atoms with Crippen LogP contribution < -0.4 is 4.74 Å². The quantitative estimate of drug-likeness (QED) is 0.316. The number of nitrogens with one attached hydrogen (secondary N) is 1. The predicted molar refractivity (Wildman–Crippen MR) is 144 cm³/mol. The number of rotatable bonds is 7. The maximum Gasteiger partial charge on any atom is 0.167 e. The summed E-state index contributed by atoms with van der Waals surface area (Å²) >= 11 is 0. The van der Waals surface area contributed by atoms with Gasteiger partial charge in [-0.25, -0.2) is 32.2 Å². The van der Waals surface area contributed by atoms with Crippen molar-refractivity contribution in [3.8, 4) is 5.75 Å². The molecule has 1 saturated heterocycles. The van der Waals surface area contributed by atoms with Crippen molar-refractivity contribution in [3.63, 3.8) is 0 Å². The molecule has 206 valence electrons. The Morgan fingerprint density at radius 1 is 1.08 bits per heavy atom. The van der Waals surface area contributed by atoms with E-state index in [-0.39, 0.29) is 30.1 Å². The minimum absolute atomic E-state index is 0.0169. The number of nitrogens with zero attached hydrogens (tertiary/aromatic N) is 4. The van der Waals surface area contributed by atoms with Crippen LogP contribution in [0, 0.1) is 23.5 Å². The number of hydrogen-bond donors (Lipinski definition) is 2. The van der Waals surface area contributed by atoms with Crippen LogP contribution in [0.4, 0.5) is 8.78 Å². The molecule has 8 nitrogen and oxygen atoms in total. The van der Waals surface area contributed by atoms with Crippen LogP contribution in [0.3, 0.4) is 0 Å². The molecule has 2 aliphatic rings. The molecule has 4 heterocycles. The molecule has 3 aromatic heterocycles. The number of benzene rings is 1. The number of pyridine rings is 1. The third-order valence-corrected chi connectivity index (χ3v) is 9.49. The number of thiol groups is 1. The molecule has 11 heteroatoms. The average molecular weight is 556 g/mol. The zero-order chi connectivity index (χ0) is 26.9. The van der Waals surface area contributed by atoms with E-state index in [4.69, 9.17) is 4.74 Å². The number of hydrogen-bond acceptors (Lipinski definition) is 7. The number of piperidine rings is 1. The van der Waals surface area contributed by atoms with E-state index in [9.17, 15) is 17.2 Å². The van der Waals surface area contributed by atoms with Gasteiger partial charge < -0.3 is 9.72 Å². The third kappa shape index (κ3) is 5.34. The molecule has 2 unspecified atom stereocenters. The molecule has 1 aliphatic heterocycles. The van der Waals surface area contributed by atoms with Gasteiger partial charge in [0, 0.05) is 41.4 Å². The van der Waals surface area contributed by atoms with Crippen molar-refractivity contribution in [2.75, 3.05) is 19.7 Å². The minimum atomic E-state index is -2.66. The Labute approximate surface area is 226 Å². The van der Waals surface area contributed by atoms with E-state index in [1.807, 2.05) is 12.3 Å². The summed E-state index contributed by atoms with van der Waals surface area (Å²) in [6.07, 6.45) is 10.3. The first-order valence-electron chi connectivity index (χ1n) is 13.5. The van der Waals surface area contributed by atoms with Crippen molar-refractivity contribution >= 4 is 32.6 Å². The van der Waals surface area contributed by atoms with Crippen LogP contribution in [0.15, 0.2) is 43.0 Å². The van der Waals surface area contributed by atoms with Gasteiger partial charge >= 0.3 is 0 Å². The number of halogens is 2. The normalized spacial score (nSPS) is 23.4. The van der Waals surface area contributed by atoms with Gasteiger partial charge in [-0.15, -0.1) is 0 Å². The molecular formula is C28H31F2N5O3S. The molecule has 6 rings (SSSR count). The van der Waals surface area contributed by atoms with Gasteiger partial charge in [-0.2, -0.15) is 0 Å². The molecule has 2 fully saturated rings. The first-order chi connectivity index (χ1) is 19.0. The zero-order valence-electron chi connectivity index (χ0n) is 21.4. The van der Waals surface area contributed by atoms with Crippen molar-refractivity contribution in [1.82, 2.24) is 24.8 Å². The minimum Gasteiger partial charge on any atom is -0.490 e. The second-order valence-corrected chi connectivity index (χ2v) is 11.8. The summed E-state index contributed by atoms with van der Waals surface area (Å²) in [5.41, 5.74) is 2.63. The lowest BCUT2D eigenvalue weighted by molar-refractivity contribution is 0.0888. The number of aromatic amines is 1. The van der Waals surface area contributed by atoms with E-state index in [2.05, 4.69) is 24.8 Å². The summed E-state index contributed by atoms with van der Waals surface area (Å²) in [6.45, 7) is 1.55. The number of ether oxygens (including phenoxy) is 1. The molecular weight excluding hydrogens is 524 g/mol. The largest absolute Gasteiger partial charge is 0.490 e. The fourth-order valence-electron chi connectivity index (χ4n) is 6.46. The van der Waals surface area contributed by atoms with Crippen LogP contribution in [0.25, 0.3) is 21.9 Å². The fraction of sp³-hybridized carbons (Fsp3) is 0.464. The lowest BCUT2D eigenvalue weighted by Crippen LogP contribution is -2.48. The summed E-state index contributed by atoms with van der Waals surface area (Å²) < 4.78 is 57.9. The van der Waals surface area contributed by atoms with E-state index >= 15 is 0 Å². The van der Waals surface area contributed by atoms with E-state index in [0.29, 0.717) is 13.1 Å². The fourth-order valence-corrected chi connectivity index (χ4v) is 7.58. The maximum absolute atomic E-state index is 14.0. The van der Waals surface area contributed by atoms with Gasteiger partial charge in [-0.05, 0) is 69.2 Å². The molecule has 4 aromatic rings. The summed E-state index contributed by atoms with van der Waals surface area (Å²) in [6, 6.07) is 5.27. The third-order valence-electron chi connectivity index (χ3n) is 8.31. The van der Waals surface area contributed by atoms with Gasteiger partial charge in [0.2, 0.25) is 0 Å². The molecule has 0 bridgehead atoms. The maximum atomic E-state index is 14.0. The summed E-state index contributed by atoms with van der Waals surface area (Å²) in [7, 11) is -2.66. The summed E-state index contributed by atoms with van der Waals surface area (Å²) in [4.78, 5) is 18.8. The molecule has 0 spiro atoms. The van der Waals surface area contributed by atoms with Gasteiger partial charge in [0.1, 0.15) is 23.2 Å². The number of H-pyrrole nitrogens is 1. The summed E-state index contributed by atoms with van der Waals surface area (Å²) in [5, 5.41) is 1.50. The predicted octanol–water partition coefficient (Wildman–Crippen LogP) is 4.79. The standard InChI is InChI=1S/C28H31F2N5O3S/c29-20-7-8-24(22(30)12-20)38-15-17-2-1-11-35(14-17)28(39(36)37)19-5-3-18(4-6-19)26-25-21-9-10-31-27(21)32-13-23(25)33-16-34-26/h7-10,12-13,16-19,28,39H,1-6,11,14-15H2,(H,31,32). The topological polar surface area (TPSA) is 101 Å². The Balaban J connectivity index is 1.13. The highest BCUT2D eigenvalue weighted by Crippen LogP contribution is 2.41. The highest BCUT2D eigenvalue weighted by molar-refractivity contribution is 7.73. The van der Waals surface area contributed by atoms with Crippen LogP contribution >= 0.6 is 0 Å². The Morgan fingerprint density at radius 3 is 2.72 bits per heavy atom. The van der Waals surface area contributed by atoms with Crippen LogP contribution in [-0.4, -0.2) is 58.3 Å². The Bertz CT molecular complexity index is 1550. The van der Waals surface area contributed by atoms with Crippen molar-refractivity contribution < 1.29 is 21.9 Å². The number of aromatic nitrogens is 4. The molecule has 39 heavy (non-hydrogen) atoms. The van der Waals surface area contributed by atoms with E-state index in [0.717, 1.165) is 72.2 Å². The van der Waals surface area contributed by atoms with Crippen LogP contribution in [0.1, 0.15) is 50.1 Å². The molecule has 2 atom stereocenters. The molecule has 1 aliphatic carbocycles. The Morgan fingerprint density at radius 2 is 1.92 bits per heavy atom. The zero-order valence-corrected chi connectivity index (χ0v) is 22.3. The molecule has 1 saturated carbocycles. The molecule has 0 radical (unpaired) electrons. The van der Waals surface area contributed by atoms with Gasteiger partial charge in [-0.1, -0.05) is 0 Å². The number of likely N-dealkylation sites (tertiary alicyclic amines) is 1. The van der Waals surface area contributed by atoms with Crippen molar-refractivity contribution in [3.05, 3.63) is 60.3 Å². The Hall–Kier alpha value is -3.18. The van der Waals surface area contributed by atoms with Gasteiger partial charge in [0.05, 0.1) is 24.0 Å². The lowest BCUT2D eigenvalue weighted by atomic mass is 9.79. The monoisotopic (exact) mass is 555 g/mol. The molecule has 0 amide bonds. The number of fused-ring (bicyclic) bond motifs is 3. The SMILES string of the molecule is O=[SH](=O)C(C1CCC(c2ncnc3cnc4[nH]ccc4c23)CC1)N1CCCC(COc2ccc(F)cc2F)C1. The van der Waals surface area contributed by atoms with E-state index in [1.165, 1.54) is 12.1 Å². The van der Waals surface area contributed by atoms with Crippen LogP contribution in [0.2, 0.25) is 0 Å². The van der Waals surface area contributed by atoms with Crippen LogP contribution in [-0.2, 0) is 10.7 Å². The van der Waals surface area contributed by atoms with Crippen molar-refractivity contribution in [2.24, 2.45) is 11.8 Å². The highest BCUT2D eigenvalue weighted by atomic mass is 32.2. The molecule has 1 aromatic carbocycles. The molecule has 1 N–H and O–H groups in total. The van der Waals surface area contributed by atoms with E-state index < -0.39 is 27.7 Å². The second kappa shape index (κ2) is 11.1. The highest BCUT2D eigenvalue weighted by Gasteiger charge is 2.37.